The second-order valence-corrected chi connectivity index (χ2v) is 3.43. The molecule has 0 bridgehead atoms. The molecule has 3 unspecified atom stereocenters. The summed E-state index contributed by atoms with van der Waals surface area (Å²) in [7, 11) is 0. The zero-order chi connectivity index (χ0) is 7.56. The third-order valence-electron chi connectivity index (χ3n) is 2.61. The third-order valence-corrected chi connectivity index (χ3v) is 2.61. The van der Waals surface area contributed by atoms with Crippen molar-refractivity contribution in [1.82, 2.24) is 0 Å². The Bertz CT molecular complexity index is 101. The molecular formula is C9H18O. The molecule has 1 fully saturated rings. The zero-order valence-electron chi connectivity index (χ0n) is 7.26. The highest BCUT2D eigenvalue weighted by Crippen LogP contribution is 2.25. The zero-order valence-corrected chi connectivity index (χ0v) is 7.26. The van der Waals surface area contributed by atoms with Crippen molar-refractivity contribution >= 4 is 0 Å². The highest BCUT2D eigenvalue weighted by atomic mass is 16.5. The van der Waals surface area contributed by atoms with E-state index in [1.165, 1.54) is 19.3 Å². The van der Waals surface area contributed by atoms with Crippen molar-refractivity contribution in [3.05, 3.63) is 0 Å². The van der Waals surface area contributed by atoms with E-state index < -0.39 is 0 Å². The van der Waals surface area contributed by atoms with Gasteiger partial charge in [-0.25, -0.2) is 0 Å². The van der Waals surface area contributed by atoms with Crippen LogP contribution in [0.2, 0.25) is 0 Å². The summed E-state index contributed by atoms with van der Waals surface area (Å²) in [4.78, 5) is 0. The summed E-state index contributed by atoms with van der Waals surface area (Å²) >= 11 is 0. The fraction of sp³-hybridized carbons (Fsp3) is 1.00. The van der Waals surface area contributed by atoms with Gasteiger partial charge < -0.3 is 4.74 Å². The fourth-order valence-corrected chi connectivity index (χ4v) is 1.49. The SMILES string of the molecule is CCC1CCC(C)C(C)O1. The molecule has 0 aliphatic carbocycles. The van der Waals surface area contributed by atoms with E-state index in [1.807, 2.05) is 0 Å². The Morgan fingerprint density at radius 2 is 2.00 bits per heavy atom. The van der Waals surface area contributed by atoms with E-state index in [4.69, 9.17) is 4.74 Å². The van der Waals surface area contributed by atoms with E-state index in [2.05, 4.69) is 20.8 Å². The van der Waals surface area contributed by atoms with Gasteiger partial charge in [-0.3, -0.25) is 0 Å². The lowest BCUT2D eigenvalue weighted by Crippen LogP contribution is -2.30. The van der Waals surface area contributed by atoms with Crippen molar-refractivity contribution in [3.63, 3.8) is 0 Å². The van der Waals surface area contributed by atoms with Crippen LogP contribution in [0.15, 0.2) is 0 Å². The van der Waals surface area contributed by atoms with Crippen molar-refractivity contribution in [2.24, 2.45) is 5.92 Å². The van der Waals surface area contributed by atoms with E-state index in [1.54, 1.807) is 0 Å². The highest BCUT2D eigenvalue weighted by Gasteiger charge is 2.23. The fourth-order valence-electron chi connectivity index (χ4n) is 1.49. The first-order valence-electron chi connectivity index (χ1n) is 4.39. The summed E-state index contributed by atoms with van der Waals surface area (Å²) in [6.07, 6.45) is 4.82. The molecule has 10 heavy (non-hydrogen) atoms. The maximum atomic E-state index is 5.75. The second kappa shape index (κ2) is 3.38. The number of ether oxygens (including phenoxy) is 1. The minimum absolute atomic E-state index is 0.485. The molecule has 60 valence electrons. The third kappa shape index (κ3) is 1.72. The summed E-state index contributed by atoms with van der Waals surface area (Å²) in [5.41, 5.74) is 0. The van der Waals surface area contributed by atoms with Crippen LogP contribution < -0.4 is 0 Å². The van der Waals surface area contributed by atoms with Gasteiger partial charge in [0.2, 0.25) is 0 Å². The van der Waals surface area contributed by atoms with E-state index >= 15 is 0 Å². The lowest BCUT2D eigenvalue weighted by molar-refractivity contribution is -0.0695. The maximum absolute atomic E-state index is 5.75. The summed E-state index contributed by atoms with van der Waals surface area (Å²) in [5, 5.41) is 0. The van der Waals surface area contributed by atoms with Crippen LogP contribution in [0.25, 0.3) is 0 Å². The van der Waals surface area contributed by atoms with Crippen LogP contribution >= 0.6 is 0 Å². The Balaban J connectivity index is 2.33. The maximum Gasteiger partial charge on any atom is 0.0576 e. The van der Waals surface area contributed by atoms with Crippen LogP contribution in [0.5, 0.6) is 0 Å². The minimum atomic E-state index is 0.485. The summed E-state index contributed by atoms with van der Waals surface area (Å²) < 4.78 is 5.75. The molecule has 0 aromatic rings. The number of rotatable bonds is 1. The molecule has 0 spiro atoms. The van der Waals surface area contributed by atoms with Gasteiger partial charge in [-0.15, -0.1) is 0 Å². The average Bonchev–Trinajstić information content (AvgIpc) is 1.95. The van der Waals surface area contributed by atoms with Crippen molar-refractivity contribution in [2.45, 2.75) is 52.2 Å². The Labute approximate surface area is 63.8 Å². The van der Waals surface area contributed by atoms with Crippen LogP contribution in [-0.4, -0.2) is 12.2 Å². The first-order chi connectivity index (χ1) is 4.74. The van der Waals surface area contributed by atoms with E-state index in [0.717, 1.165) is 5.92 Å². The molecule has 0 aromatic carbocycles. The summed E-state index contributed by atoms with van der Waals surface area (Å²) in [6, 6.07) is 0. The lowest BCUT2D eigenvalue weighted by Gasteiger charge is -2.32. The monoisotopic (exact) mass is 142 g/mol. The normalized spacial score (nSPS) is 41.7. The summed E-state index contributed by atoms with van der Waals surface area (Å²) in [5.74, 6) is 0.766. The standard InChI is InChI=1S/C9H18O/c1-4-9-6-5-7(2)8(3)10-9/h7-9H,4-6H2,1-3H3. The number of hydrogen-bond acceptors (Lipinski definition) is 1. The molecule has 0 N–H and O–H groups in total. The van der Waals surface area contributed by atoms with Gasteiger partial charge in [0.15, 0.2) is 0 Å². The Morgan fingerprint density at radius 3 is 2.50 bits per heavy atom. The van der Waals surface area contributed by atoms with Gasteiger partial charge in [-0.2, -0.15) is 0 Å². The van der Waals surface area contributed by atoms with Gasteiger partial charge in [-0.05, 0) is 32.1 Å². The molecule has 1 saturated heterocycles. The van der Waals surface area contributed by atoms with Gasteiger partial charge in [-0.1, -0.05) is 13.8 Å². The van der Waals surface area contributed by atoms with Gasteiger partial charge in [0.1, 0.15) is 0 Å². The van der Waals surface area contributed by atoms with Gasteiger partial charge >= 0.3 is 0 Å². The van der Waals surface area contributed by atoms with Crippen LogP contribution in [0, 0.1) is 5.92 Å². The second-order valence-electron chi connectivity index (χ2n) is 3.43. The van der Waals surface area contributed by atoms with Crippen LogP contribution in [0.3, 0.4) is 0 Å². The predicted octanol–water partition coefficient (Wildman–Crippen LogP) is 2.60. The van der Waals surface area contributed by atoms with E-state index in [0.29, 0.717) is 12.2 Å². The first-order valence-corrected chi connectivity index (χ1v) is 4.39. The lowest BCUT2D eigenvalue weighted by atomic mass is 9.93. The molecule has 1 rings (SSSR count). The molecule has 0 radical (unpaired) electrons. The Hall–Kier alpha value is -0.0400. The molecule has 3 atom stereocenters. The predicted molar refractivity (Wildman–Crippen MR) is 43.0 cm³/mol. The van der Waals surface area contributed by atoms with Gasteiger partial charge in [0.25, 0.3) is 0 Å². The topological polar surface area (TPSA) is 9.23 Å². The quantitative estimate of drug-likeness (QED) is 0.547. The molecule has 0 aromatic heterocycles. The molecule has 1 heteroatoms. The molecule has 0 saturated carbocycles. The number of hydrogen-bond donors (Lipinski definition) is 0. The van der Waals surface area contributed by atoms with Crippen molar-refractivity contribution < 1.29 is 4.74 Å². The molecule has 1 aliphatic heterocycles. The Kier molecular flexibility index (Phi) is 2.72. The molecule has 1 aliphatic rings. The first kappa shape index (κ1) is 8.06. The van der Waals surface area contributed by atoms with Crippen molar-refractivity contribution in [1.29, 1.82) is 0 Å². The van der Waals surface area contributed by atoms with Crippen LogP contribution in [-0.2, 0) is 4.74 Å². The molecule has 1 heterocycles. The van der Waals surface area contributed by atoms with Crippen molar-refractivity contribution in [2.75, 3.05) is 0 Å². The highest BCUT2D eigenvalue weighted by molar-refractivity contribution is 4.72. The molecular weight excluding hydrogens is 124 g/mol. The molecule has 1 nitrogen and oxygen atoms in total. The average molecular weight is 142 g/mol. The van der Waals surface area contributed by atoms with Crippen molar-refractivity contribution in [3.8, 4) is 0 Å². The molecule has 0 amide bonds. The van der Waals surface area contributed by atoms with Crippen LogP contribution in [0.1, 0.15) is 40.0 Å². The van der Waals surface area contributed by atoms with Crippen LogP contribution in [0.4, 0.5) is 0 Å². The summed E-state index contributed by atoms with van der Waals surface area (Å²) in [6.45, 7) is 6.66. The van der Waals surface area contributed by atoms with Gasteiger partial charge in [0, 0.05) is 0 Å². The van der Waals surface area contributed by atoms with E-state index in [-0.39, 0.29) is 0 Å². The Morgan fingerprint density at radius 1 is 1.30 bits per heavy atom. The largest absolute Gasteiger partial charge is 0.375 e. The van der Waals surface area contributed by atoms with E-state index in [9.17, 15) is 0 Å². The minimum Gasteiger partial charge on any atom is -0.375 e. The smallest absolute Gasteiger partial charge is 0.0576 e. The van der Waals surface area contributed by atoms with Gasteiger partial charge in [0.05, 0.1) is 12.2 Å².